The van der Waals surface area contributed by atoms with Gasteiger partial charge < -0.3 is 20.4 Å². The number of hydrogen-bond donors (Lipinski definition) is 4. The fraction of sp³-hybridized carbons (Fsp3) is 0.300. The van der Waals surface area contributed by atoms with Crippen molar-refractivity contribution in [1.82, 2.24) is 10.6 Å². The maximum atomic E-state index is 13.3. The first kappa shape index (κ1) is 25.9. The lowest BCUT2D eigenvalue weighted by atomic mass is 9.89. The largest absolute Gasteiger partial charge is 0.456 e. The molecule has 0 bridgehead atoms. The number of anilines is 1. The number of hydrogen-bond acceptors (Lipinski definition) is 4. The van der Waals surface area contributed by atoms with Crippen molar-refractivity contribution >= 4 is 28.5 Å². The van der Waals surface area contributed by atoms with Crippen molar-refractivity contribution in [2.75, 3.05) is 31.5 Å². The van der Waals surface area contributed by atoms with Crippen LogP contribution in [0, 0.1) is 13.8 Å². The summed E-state index contributed by atoms with van der Waals surface area (Å²) < 4.78 is 6.47. The summed E-state index contributed by atoms with van der Waals surface area (Å²) in [5.41, 5.74) is 7.27. The van der Waals surface area contributed by atoms with E-state index in [1.807, 2.05) is 36.4 Å². The summed E-state index contributed by atoms with van der Waals surface area (Å²) in [5.74, 6) is 0.432. The highest BCUT2D eigenvalue weighted by molar-refractivity contribution is 6.09. The summed E-state index contributed by atoms with van der Waals surface area (Å²) >= 11 is 0. The molecule has 1 aliphatic heterocycles. The molecular formula is C30H35N4O3+. The Morgan fingerprint density at radius 1 is 0.919 bits per heavy atom. The molecule has 2 aromatic rings. The van der Waals surface area contributed by atoms with Crippen molar-refractivity contribution in [2.45, 2.75) is 34.6 Å². The van der Waals surface area contributed by atoms with Crippen molar-refractivity contribution in [2.24, 2.45) is 0 Å². The van der Waals surface area contributed by atoms with Gasteiger partial charge in [0.1, 0.15) is 17.9 Å². The molecule has 0 saturated carbocycles. The topological polar surface area (TPSA) is 97.3 Å². The fourth-order valence-corrected chi connectivity index (χ4v) is 4.66. The third-order valence-corrected chi connectivity index (χ3v) is 6.37. The summed E-state index contributed by atoms with van der Waals surface area (Å²) in [6.45, 7) is 12.1. The van der Waals surface area contributed by atoms with Crippen molar-refractivity contribution in [3.8, 4) is 22.5 Å². The van der Waals surface area contributed by atoms with Crippen LogP contribution < -0.4 is 26.3 Å². The smallest absolute Gasteiger partial charge is 0.251 e. The highest BCUT2D eigenvalue weighted by atomic mass is 16.3. The standard InChI is InChI=1S/C30H34N4O3/c1-6-31-25-16-27-23(14-18(25)3)29(24-15-19(4)26(32-7-2)17-28(24)37-27)21-10-8-9-11-22(21)30(36)34-13-12-33-20(5)35/h8-11,14-17,31H,6-7,12-13H2,1-5H3,(H,33,35)(H,34,36)/p+1. The predicted molar refractivity (Wildman–Crippen MR) is 148 cm³/mol. The quantitative estimate of drug-likeness (QED) is 0.221. The average molecular weight is 500 g/mol. The second kappa shape index (κ2) is 11.3. The van der Waals surface area contributed by atoms with Crippen LogP contribution in [0.2, 0.25) is 0 Å². The molecule has 2 amide bonds. The van der Waals surface area contributed by atoms with Gasteiger partial charge in [-0.3, -0.25) is 9.59 Å². The molecule has 0 fully saturated rings. The van der Waals surface area contributed by atoms with Gasteiger partial charge >= 0.3 is 0 Å². The van der Waals surface area contributed by atoms with Crippen LogP contribution in [-0.2, 0) is 4.79 Å². The summed E-state index contributed by atoms with van der Waals surface area (Å²) in [4.78, 5) is 27.9. The number of aryl methyl sites for hydroxylation is 2. The molecule has 7 heteroatoms. The van der Waals surface area contributed by atoms with E-state index < -0.39 is 0 Å². The molecule has 0 radical (unpaired) electrons. The first-order valence-electron chi connectivity index (χ1n) is 12.8. The number of benzene rings is 3. The Hall–Kier alpha value is -4.13. The minimum atomic E-state index is -0.190. The van der Waals surface area contributed by atoms with Gasteiger partial charge in [-0.25, -0.2) is 4.99 Å². The fourth-order valence-electron chi connectivity index (χ4n) is 4.66. The molecule has 2 aliphatic rings. The zero-order valence-corrected chi connectivity index (χ0v) is 22.2. The molecular weight excluding hydrogens is 464 g/mol. The molecule has 0 unspecified atom stereocenters. The first-order chi connectivity index (χ1) is 17.8. The van der Waals surface area contributed by atoms with E-state index in [-0.39, 0.29) is 11.8 Å². The first-order valence-corrected chi connectivity index (χ1v) is 12.8. The average Bonchev–Trinajstić information content (AvgIpc) is 2.87. The third kappa shape index (κ3) is 5.50. The number of carbonyl (C=O) groups is 2. The Labute approximate surface area is 217 Å². The zero-order valence-electron chi connectivity index (χ0n) is 22.2. The summed E-state index contributed by atoms with van der Waals surface area (Å²) in [6, 6.07) is 16.0. The lowest BCUT2D eigenvalue weighted by molar-refractivity contribution is -0.496. The number of fused-ring (bicyclic) bond motifs is 2. The zero-order chi connectivity index (χ0) is 26.5. The van der Waals surface area contributed by atoms with E-state index in [1.165, 1.54) is 6.92 Å². The minimum Gasteiger partial charge on any atom is -0.456 e. The van der Waals surface area contributed by atoms with Crippen molar-refractivity contribution in [3.63, 3.8) is 0 Å². The van der Waals surface area contributed by atoms with Crippen LogP contribution in [0.4, 0.5) is 5.69 Å². The van der Waals surface area contributed by atoms with Gasteiger partial charge in [0, 0.05) is 66.0 Å². The molecule has 0 spiro atoms. The van der Waals surface area contributed by atoms with E-state index in [0.29, 0.717) is 18.7 Å². The Morgan fingerprint density at radius 3 is 2.41 bits per heavy atom. The van der Waals surface area contributed by atoms with Gasteiger partial charge in [-0.15, -0.1) is 0 Å². The highest BCUT2D eigenvalue weighted by Crippen LogP contribution is 2.42. The molecule has 4 rings (SSSR count). The second-order valence-corrected chi connectivity index (χ2v) is 9.15. The third-order valence-electron chi connectivity index (χ3n) is 6.37. The summed E-state index contributed by atoms with van der Waals surface area (Å²) in [5, 5.41) is 11.0. The number of carbonyl (C=O) groups excluding carboxylic acids is 2. The molecule has 192 valence electrons. The van der Waals surface area contributed by atoms with Crippen molar-refractivity contribution < 1.29 is 19.0 Å². The van der Waals surface area contributed by atoms with Gasteiger partial charge in [0.2, 0.25) is 11.3 Å². The summed E-state index contributed by atoms with van der Waals surface area (Å²) in [6.07, 6.45) is 0. The van der Waals surface area contributed by atoms with Crippen LogP contribution in [0.25, 0.3) is 33.4 Å². The monoisotopic (exact) mass is 499 g/mol. The van der Waals surface area contributed by atoms with Crippen molar-refractivity contribution in [1.29, 1.82) is 0 Å². The maximum Gasteiger partial charge on any atom is 0.251 e. The van der Waals surface area contributed by atoms with Gasteiger partial charge in [0.05, 0.1) is 6.07 Å². The lowest BCUT2D eigenvalue weighted by Crippen LogP contribution is -2.76. The normalized spacial score (nSPS) is 11.6. The molecule has 0 saturated heterocycles. The Morgan fingerprint density at radius 2 is 1.68 bits per heavy atom. The van der Waals surface area contributed by atoms with Crippen LogP contribution in [0.1, 0.15) is 42.3 Å². The van der Waals surface area contributed by atoms with Gasteiger partial charge in [-0.2, -0.15) is 0 Å². The molecule has 4 N–H and O–H groups in total. The number of amides is 2. The second-order valence-electron chi connectivity index (χ2n) is 9.15. The van der Waals surface area contributed by atoms with Crippen LogP contribution in [-0.4, -0.2) is 38.0 Å². The highest BCUT2D eigenvalue weighted by Gasteiger charge is 2.23. The van der Waals surface area contributed by atoms with Gasteiger partial charge in [-0.05, 0) is 57.0 Å². The van der Waals surface area contributed by atoms with E-state index in [4.69, 9.17) is 4.42 Å². The molecule has 0 aromatic heterocycles. The van der Waals surface area contributed by atoms with E-state index >= 15 is 0 Å². The van der Waals surface area contributed by atoms with E-state index in [0.717, 1.165) is 68.7 Å². The predicted octanol–water partition coefficient (Wildman–Crippen LogP) is 3.12. The van der Waals surface area contributed by atoms with Crippen LogP contribution >= 0.6 is 0 Å². The van der Waals surface area contributed by atoms with Crippen molar-refractivity contribution in [3.05, 3.63) is 70.6 Å². The Bertz CT molecular complexity index is 1500. The Balaban J connectivity index is 1.96. The van der Waals surface area contributed by atoms with Gasteiger partial charge in [0.15, 0.2) is 0 Å². The van der Waals surface area contributed by atoms with E-state index in [9.17, 15) is 9.59 Å². The van der Waals surface area contributed by atoms with E-state index in [2.05, 4.69) is 60.8 Å². The van der Waals surface area contributed by atoms with E-state index in [1.54, 1.807) is 0 Å². The summed E-state index contributed by atoms with van der Waals surface area (Å²) in [7, 11) is 0. The molecule has 1 heterocycles. The van der Waals surface area contributed by atoms with Gasteiger partial charge in [-0.1, -0.05) is 18.2 Å². The SMILES string of the molecule is CCNc1cc2oc3cc(=[NH+]CC)c(C)cc-3c(-c3ccccc3C(=O)NCCNC(C)=O)c2cc1C. The van der Waals surface area contributed by atoms with Crippen LogP contribution in [0.5, 0.6) is 0 Å². The molecule has 2 aromatic carbocycles. The van der Waals surface area contributed by atoms with Crippen LogP contribution in [0.3, 0.4) is 0 Å². The lowest BCUT2D eigenvalue weighted by Gasteiger charge is -2.19. The number of rotatable bonds is 8. The maximum absolute atomic E-state index is 13.3. The minimum absolute atomic E-state index is 0.125. The molecule has 37 heavy (non-hydrogen) atoms. The Kier molecular flexibility index (Phi) is 7.92. The molecule has 1 aliphatic carbocycles. The van der Waals surface area contributed by atoms with Crippen LogP contribution in [0.15, 0.2) is 52.9 Å². The molecule has 0 atom stereocenters. The number of nitrogens with one attached hydrogen (secondary N) is 4. The van der Waals surface area contributed by atoms with Gasteiger partial charge in [0.25, 0.3) is 5.91 Å². The molecule has 7 nitrogen and oxygen atoms in total.